The maximum absolute atomic E-state index is 13.1. The normalized spacial score (nSPS) is 15.4. The van der Waals surface area contributed by atoms with Gasteiger partial charge in [-0.05, 0) is 78.4 Å². The molecule has 2 aromatic carbocycles. The first-order chi connectivity index (χ1) is 18.6. The van der Waals surface area contributed by atoms with E-state index in [1.165, 1.54) is 17.0 Å². The van der Waals surface area contributed by atoms with Gasteiger partial charge in [0.1, 0.15) is 11.6 Å². The fraction of sp³-hybridized carbons (Fsp3) is 0.345. The van der Waals surface area contributed by atoms with Crippen LogP contribution in [0.15, 0.2) is 60.8 Å². The number of amides is 1. The van der Waals surface area contributed by atoms with Crippen LogP contribution in [0, 0.1) is 6.92 Å². The Hall–Kier alpha value is -4.08. The van der Waals surface area contributed by atoms with Gasteiger partial charge in [-0.15, -0.1) is 0 Å². The number of hydrogen-bond donors (Lipinski definition) is 2. The summed E-state index contributed by atoms with van der Waals surface area (Å²) in [5, 5.41) is 12.9. The number of anilines is 1. The average Bonchev–Trinajstić information content (AvgIpc) is 3.00. The maximum atomic E-state index is 13.1. The number of hydrogen-bond acceptors (Lipinski definition) is 5. The highest BCUT2D eigenvalue weighted by atomic mass is 19.4. The lowest BCUT2D eigenvalue weighted by Crippen LogP contribution is -2.34. The number of nitrogens with zero attached hydrogens (tertiary/aromatic N) is 2. The molecule has 0 fully saturated rings. The van der Waals surface area contributed by atoms with Gasteiger partial charge in [-0.2, -0.15) is 13.2 Å². The number of carbonyl (C=O) groups is 2. The Labute approximate surface area is 224 Å². The van der Waals surface area contributed by atoms with Crippen LogP contribution in [0.1, 0.15) is 53.1 Å². The SMILES string of the molecule is Cc1ccnc(NCCCOc2ccc3c(c2)[C@H](CC(=O)O)N(Cc2ccc(C(F)(F)F)cc2)C(=O)CC3)c1. The molecule has 1 aromatic heterocycles. The summed E-state index contributed by atoms with van der Waals surface area (Å²) in [5.41, 5.74) is 2.33. The van der Waals surface area contributed by atoms with Crippen LogP contribution in [0.2, 0.25) is 0 Å². The Morgan fingerprint density at radius 3 is 2.59 bits per heavy atom. The number of halogens is 3. The Bertz CT molecular complexity index is 1310. The van der Waals surface area contributed by atoms with Crippen molar-refractivity contribution in [2.24, 2.45) is 0 Å². The molecule has 3 aromatic rings. The van der Waals surface area contributed by atoms with Crippen molar-refractivity contribution in [1.29, 1.82) is 0 Å². The molecule has 39 heavy (non-hydrogen) atoms. The second-order valence-corrected chi connectivity index (χ2v) is 9.54. The van der Waals surface area contributed by atoms with Crippen molar-refractivity contribution in [2.45, 2.75) is 51.4 Å². The van der Waals surface area contributed by atoms with Crippen molar-refractivity contribution >= 4 is 17.7 Å². The number of carboxylic acids is 1. The minimum atomic E-state index is -4.47. The monoisotopic (exact) mass is 541 g/mol. The van der Waals surface area contributed by atoms with Gasteiger partial charge in [0, 0.05) is 25.7 Å². The summed E-state index contributed by atoms with van der Waals surface area (Å²) >= 11 is 0. The van der Waals surface area contributed by atoms with Crippen molar-refractivity contribution in [3.05, 3.63) is 88.6 Å². The highest BCUT2D eigenvalue weighted by Gasteiger charge is 2.33. The van der Waals surface area contributed by atoms with Crippen LogP contribution in [0.25, 0.3) is 0 Å². The molecular weight excluding hydrogens is 511 g/mol. The first-order valence-corrected chi connectivity index (χ1v) is 12.7. The zero-order valence-corrected chi connectivity index (χ0v) is 21.5. The van der Waals surface area contributed by atoms with E-state index in [0.717, 1.165) is 29.1 Å². The number of benzene rings is 2. The number of pyridine rings is 1. The van der Waals surface area contributed by atoms with E-state index < -0.39 is 23.8 Å². The van der Waals surface area contributed by atoms with Gasteiger partial charge in [0.25, 0.3) is 0 Å². The lowest BCUT2D eigenvalue weighted by Gasteiger charge is -2.31. The van der Waals surface area contributed by atoms with Crippen molar-refractivity contribution in [3.8, 4) is 5.75 Å². The summed E-state index contributed by atoms with van der Waals surface area (Å²) in [6.07, 6.45) is -1.77. The molecule has 4 rings (SSSR count). The van der Waals surface area contributed by atoms with Crippen LogP contribution >= 0.6 is 0 Å². The van der Waals surface area contributed by atoms with Crippen LogP contribution in [0.4, 0.5) is 19.0 Å². The Morgan fingerprint density at radius 2 is 1.90 bits per heavy atom. The molecule has 0 saturated heterocycles. The van der Waals surface area contributed by atoms with Gasteiger partial charge in [0.05, 0.1) is 24.6 Å². The topological polar surface area (TPSA) is 91.8 Å². The number of carbonyl (C=O) groups excluding carboxylic acids is 1. The highest BCUT2D eigenvalue weighted by Crippen LogP contribution is 2.36. The Morgan fingerprint density at radius 1 is 1.13 bits per heavy atom. The molecule has 1 aliphatic heterocycles. The predicted molar refractivity (Wildman–Crippen MR) is 139 cm³/mol. The van der Waals surface area contributed by atoms with E-state index in [9.17, 15) is 27.9 Å². The number of alkyl halides is 3. The third kappa shape index (κ3) is 7.49. The molecule has 2 N–H and O–H groups in total. The summed E-state index contributed by atoms with van der Waals surface area (Å²) in [4.78, 5) is 30.6. The molecule has 0 saturated carbocycles. The van der Waals surface area contributed by atoms with Crippen LogP contribution in [0.5, 0.6) is 5.75 Å². The van der Waals surface area contributed by atoms with Gasteiger partial charge < -0.3 is 20.1 Å². The van der Waals surface area contributed by atoms with E-state index in [1.54, 1.807) is 12.3 Å². The molecule has 1 amide bonds. The third-order valence-electron chi connectivity index (χ3n) is 6.59. The van der Waals surface area contributed by atoms with E-state index in [0.29, 0.717) is 42.9 Å². The molecule has 0 unspecified atom stereocenters. The van der Waals surface area contributed by atoms with Crippen molar-refractivity contribution < 1.29 is 32.6 Å². The number of rotatable bonds is 10. The van der Waals surface area contributed by atoms with E-state index in [-0.39, 0.29) is 25.3 Å². The fourth-order valence-electron chi connectivity index (χ4n) is 4.62. The maximum Gasteiger partial charge on any atom is 0.416 e. The largest absolute Gasteiger partial charge is 0.494 e. The molecule has 1 aliphatic rings. The molecular formula is C29H30F3N3O4. The van der Waals surface area contributed by atoms with E-state index in [1.807, 2.05) is 31.2 Å². The lowest BCUT2D eigenvalue weighted by molar-refractivity contribution is -0.141. The van der Waals surface area contributed by atoms with Crippen LogP contribution < -0.4 is 10.1 Å². The van der Waals surface area contributed by atoms with Crippen molar-refractivity contribution in [2.75, 3.05) is 18.5 Å². The quantitative estimate of drug-likeness (QED) is 0.316. The number of fused-ring (bicyclic) bond motifs is 1. The summed E-state index contributed by atoms with van der Waals surface area (Å²) in [6.45, 7) is 3.05. The highest BCUT2D eigenvalue weighted by molar-refractivity contribution is 5.79. The predicted octanol–water partition coefficient (Wildman–Crippen LogP) is 5.78. The molecule has 1 atom stereocenters. The second-order valence-electron chi connectivity index (χ2n) is 9.54. The smallest absolute Gasteiger partial charge is 0.416 e. The molecule has 0 aliphatic carbocycles. The minimum absolute atomic E-state index is 0.00188. The summed E-state index contributed by atoms with van der Waals surface area (Å²) in [5.74, 6) is 0.00636. The first kappa shape index (κ1) is 27.9. The number of aliphatic carboxylic acids is 1. The number of nitrogens with one attached hydrogen (secondary N) is 1. The van der Waals surface area contributed by atoms with Crippen molar-refractivity contribution in [3.63, 3.8) is 0 Å². The lowest BCUT2D eigenvalue weighted by atomic mass is 9.95. The summed E-state index contributed by atoms with van der Waals surface area (Å²) in [7, 11) is 0. The molecule has 206 valence electrons. The van der Waals surface area contributed by atoms with E-state index in [4.69, 9.17) is 4.74 Å². The number of ether oxygens (including phenoxy) is 1. The third-order valence-corrected chi connectivity index (χ3v) is 6.59. The Balaban J connectivity index is 1.48. The Kier molecular flexibility index (Phi) is 8.73. The molecule has 2 heterocycles. The molecule has 7 nitrogen and oxygen atoms in total. The van der Waals surface area contributed by atoms with Crippen LogP contribution in [-0.4, -0.2) is 40.0 Å². The molecule has 10 heteroatoms. The van der Waals surface area contributed by atoms with Gasteiger partial charge in [-0.25, -0.2) is 4.98 Å². The molecule has 0 radical (unpaired) electrons. The van der Waals surface area contributed by atoms with Crippen molar-refractivity contribution in [1.82, 2.24) is 9.88 Å². The fourth-order valence-corrected chi connectivity index (χ4v) is 4.62. The number of aromatic nitrogens is 1. The van der Waals surface area contributed by atoms with Gasteiger partial charge in [0.2, 0.25) is 5.91 Å². The second kappa shape index (κ2) is 12.2. The average molecular weight is 542 g/mol. The van der Waals surface area contributed by atoms with Crippen LogP contribution in [-0.2, 0) is 28.7 Å². The van der Waals surface area contributed by atoms with E-state index >= 15 is 0 Å². The number of carboxylic acid groups (broad SMARTS) is 1. The van der Waals surface area contributed by atoms with Gasteiger partial charge in [-0.3, -0.25) is 9.59 Å². The van der Waals surface area contributed by atoms with Gasteiger partial charge in [-0.1, -0.05) is 18.2 Å². The molecule has 0 spiro atoms. The standard InChI is InChI=1S/C29H30F3N3O4/c1-19-11-13-34-26(15-19)33-12-2-14-39-23-9-5-21-6-10-27(36)35(25(17-28(37)38)24(21)16-23)18-20-3-7-22(8-4-20)29(30,31)32/h3-5,7-9,11,13,15-16,25H,2,6,10,12,14,17-18H2,1H3,(H,33,34)(H,37,38)/t25-/m0/s1. The number of aryl methyl sites for hydroxylation is 2. The zero-order chi connectivity index (χ0) is 28.0. The summed E-state index contributed by atoms with van der Waals surface area (Å²) < 4.78 is 44.9. The van der Waals surface area contributed by atoms with Gasteiger partial charge in [0.15, 0.2) is 0 Å². The van der Waals surface area contributed by atoms with Crippen LogP contribution in [0.3, 0.4) is 0 Å². The van der Waals surface area contributed by atoms with Gasteiger partial charge >= 0.3 is 12.1 Å². The zero-order valence-electron chi connectivity index (χ0n) is 21.5. The summed E-state index contributed by atoms with van der Waals surface area (Å²) in [6, 6.07) is 13.1. The van der Waals surface area contributed by atoms with E-state index in [2.05, 4.69) is 10.3 Å². The first-order valence-electron chi connectivity index (χ1n) is 12.7. The molecule has 0 bridgehead atoms. The minimum Gasteiger partial charge on any atom is -0.494 e.